The lowest BCUT2D eigenvalue weighted by atomic mass is 10.1. The minimum Gasteiger partial charge on any atom is -0.352 e. The topological polar surface area (TPSA) is 29.1 Å². The Morgan fingerprint density at radius 2 is 2.25 bits per heavy atom. The Hall–Kier alpha value is -0.290. The summed E-state index contributed by atoms with van der Waals surface area (Å²) in [5.74, 6) is 0.837. The Bertz CT molecular complexity index is 381. The summed E-state index contributed by atoms with van der Waals surface area (Å²) in [6, 6.07) is 5.74. The molecular formula is C12H15ClINO. The quantitative estimate of drug-likeness (QED) is 0.655. The highest BCUT2D eigenvalue weighted by Crippen LogP contribution is 2.16. The summed E-state index contributed by atoms with van der Waals surface area (Å²) in [5, 5.41) is 2.89. The minimum atomic E-state index is -0.0231. The molecule has 0 radical (unpaired) electrons. The number of hydrogen-bond acceptors (Lipinski definition) is 1. The third-order valence-corrected chi connectivity index (χ3v) is 4.27. The Labute approximate surface area is 115 Å². The molecule has 1 amide bonds. The first-order valence-corrected chi connectivity index (χ1v) is 6.77. The van der Waals surface area contributed by atoms with Gasteiger partial charge in [-0.3, -0.25) is 4.79 Å². The van der Waals surface area contributed by atoms with E-state index >= 15 is 0 Å². The summed E-state index contributed by atoms with van der Waals surface area (Å²) in [6.07, 6.45) is 0. The molecule has 1 N–H and O–H groups in total. The van der Waals surface area contributed by atoms with Crippen molar-refractivity contribution < 1.29 is 4.79 Å². The van der Waals surface area contributed by atoms with Crippen LogP contribution in [0, 0.1) is 16.4 Å². The molecule has 1 atom stereocenters. The molecule has 1 aromatic rings. The predicted octanol–water partition coefficient (Wildman–Crippen LogP) is 3.20. The second kappa shape index (κ2) is 6.45. The summed E-state index contributed by atoms with van der Waals surface area (Å²) < 4.78 is 1.01. The number of rotatable bonds is 4. The van der Waals surface area contributed by atoms with Crippen LogP contribution in [-0.2, 0) is 0 Å². The molecular weight excluding hydrogens is 336 g/mol. The number of carbonyl (C=O) groups excluding carboxylic acids is 1. The number of halogens is 2. The highest BCUT2D eigenvalue weighted by Gasteiger charge is 2.11. The first-order valence-electron chi connectivity index (χ1n) is 5.15. The number of nitrogens with one attached hydrogen (secondary N) is 1. The van der Waals surface area contributed by atoms with Crippen molar-refractivity contribution in [1.29, 1.82) is 0 Å². The minimum absolute atomic E-state index is 0.0231. The Morgan fingerprint density at radius 3 is 2.88 bits per heavy atom. The molecule has 1 unspecified atom stereocenters. The fourth-order valence-corrected chi connectivity index (χ4v) is 1.95. The predicted molar refractivity (Wildman–Crippen MR) is 76.1 cm³/mol. The van der Waals surface area contributed by atoms with E-state index < -0.39 is 0 Å². The molecule has 0 aliphatic rings. The maximum absolute atomic E-state index is 11.9. The Morgan fingerprint density at radius 1 is 1.56 bits per heavy atom. The van der Waals surface area contributed by atoms with Crippen LogP contribution in [-0.4, -0.2) is 18.3 Å². The van der Waals surface area contributed by atoms with Crippen molar-refractivity contribution in [2.45, 2.75) is 13.8 Å². The van der Waals surface area contributed by atoms with Gasteiger partial charge in [0, 0.05) is 16.0 Å². The lowest BCUT2D eigenvalue weighted by Gasteiger charge is -2.11. The standard InChI is InChI=1S/C12H15ClINO/c1-8(6-13)7-15-12(16)10-5-3-4-9(2)11(10)14/h3-5,8H,6-7H2,1-2H3,(H,15,16). The number of alkyl halides is 1. The molecule has 1 aromatic carbocycles. The van der Waals surface area contributed by atoms with Crippen molar-refractivity contribution in [1.82, 2.24) is 5.32 Å². The van der Waals surface area contributed by atoms with Crippen LogP contribution in [0.3, 0.4) is 0 Å². The van der Waals surface area contributed by atoms with E-state index in [1.165, 1.54) is 0 Å². The number of amides is 1. The SMILES string of the molecule is Cc1cccc(C(=O)NCC(C)CCl)c1I. The second-order valence-electron chi connectivity index (χ2n) is 3.91. The maximum atomic E-state index is 11.9. The lowest BCUT2D eigenvalue weighted by Crippen LogP contribution is -2.29. The zero-order chi connectivity index (χ0) is 12.1. The van der Waals surface area contributed by atoms with E-state index in [2.05, 4.69) is 27.9 Å². The van der Waals surface area contributed by atoms with Crippen molar-refractivity contribution in [2.24, 2.45) is 5.92 Å². The average molecular weight is 352 g/mol. The summed E-state index contributed by atoms with van der Waals surface area (Å²) in [7, 11) is 0. The highest BCUT2D eigenvalue weighted by molar-refractivity contribution is 14.1. The second-order valence-corrected chi connectivity index (χ2v) is 5.29. The highest BCUT2D eigenvalue weighted by atomic mass is 127. The van der Waals surface area contributed by atoms with Crippen molar-refractivity contribution in [2.75, 3.05) is 12.4 Å². The average Bonchev–Trinajstić information content (AvgIpc) is 2.29. The van der Waals surface area contributed by atoms with Crippen LogP contribution in [0.15, 0.2) is 18.2 Å². The largest absolute Gasteiger partial charge is 0.352 e. The van der Waals surface area contributed by atoms with Gasteiger partial charge in [0.15, 0.2) is 0 Å². The van der Waals surface area contributed by atoms with Gasteiger partial charge in [-0.1, -0.05) is 19.1 Å². The first-order chi connectivity index (χ1) is 7.56. The van der Waals surface area contributed by atoms with Crippen LogP contribution in [0.1, 0.15) is 22.8 Å². The van der Waals surface area contributed by atoms with E-state index in [9.17, 15) is 4.79 Å². The molecule has 0 aromatic heterocycles. The van der Waals surface area contributed by atoms with Gasteiger partial charge in [0.1, 0.15) is 0 Å². The summed E-state index contributed by atoms with van der Waals surface area (Å²) in [6.45, 7) is 4.63. The molecule has 0 spiro atoms. The van der Waals surface area contributed by atoms with Crippen LogP contribution in [0.2, 0.25) is 0 Å². The van der Waals surface area contributed by atoms with Gasteiger partial charge in [-0.25, -0.2) is 0 Å². The fraction of sp³-hybridized carbons (Fsp3) is 0.417. The molecule has 0 aliphatic carbocycles. The van der Waals surface area contributed by atoms with E-state index in [-0.39, 0.29) is 5.91 Å². The van der Waals surface area contributed by atoms with E-state index in [0.29, 0.717) is 18.3 Å². The molecule has 0 saturated heterocycles. The monoisotopic (exact) mass is 351 g/mol. The lowest BCUT2D eigenvalue weighted by molar-refractivity contribution is 0.0948. The molecule has 0 heterocycles. The van der Waals surface area contributed by atoms with Gasteiger partial charge >= 0.3 is 0 Å². The number of hydrogen-bond donors (Lipinski definition) is 1. The molecule has 88 valence electrons. The number of carbonyl (C=O) groups is 1. The maximum Gasteiger partial charge on any atom is 0.252 e. The Kier molecular flexibility index (Phi) is 5.55. The number of aryl methyl sites for hydroxylation is 1. The third kappa shape index (κ3) is 3.63. The van der Waals surface area contributed by atoms with Crippen molar-refractivity contribution in [3.05, 3.63) is 32.9 Å². The smallest absolute Gasteiger partial charge is 0.252 e. The van der Waals surface area contributed by atoms with Gasteiger partial charge in [0.2, 0.25) is 0 Å². The van der Waals surface area contributed by atoms with Gasteiger partial charge in [0.05, 0.1) is 5.56 Å². The van der Waals surface area contributed by atoms with Crippen LogP contribution < -0.4 is 5.32 Å². The van der Waals surface area contributed by atoms with Crippen LogP contribution in [0.25, 0.3) is 0 Å². The molecule has 0 saturated carbocycles. The van der Waals surface area contributed by atoms with Crippen molar-refractivity contribution in [3.63, 3.8) is 0 Å². The normalized spacial score (nSPS) is 12.2. The van der Waals surface area contributed by atoms with E-state index in [1.54, 1.807) is 0 Å². The molecule has 0 aliphatic heterocycles. The first kappa shape index (κ1) is 13.8. The summed E-state index contributed by atoms with van der Waals surface area (Å²) >= 11 is 7.88. The Balaban J connectivity index is 2.70. The van der Waals surface area contributed by atoms with Gasteiger partial charge < -0.3 is 5.32 Å². The van der Waals surface area contributed by atoms with Gasteiger partial charge in [0.25, 0.3) is 5.91 Å². The molecule has 2 nitrogen and oxygen atoms in total. The van der Waals surface area contributed by atoms with E-state index in [1.807, 2.05) is 32.0 Å². The van der Waals surface area contributed by atoms with Gasteiger partial charge in [-0.05, 0) is 47.1 Å². The van der Waals surface area contributed by atoms with E-state index in [4.69, 9.17) is 11.6 Å². The van der Waals surface area contributed by atoms with Crippen molar-refractivity contribution in [3.8, 4) is 0 Å². The third-order valence-electron chi connectivity index (χ3n) is 2.31. The fourth-order valence-electron chi connectivity index (χ4n) is 1.24. The van der Waals surface area contributed by atoms with Crippen molar-refractivity contribution >= 4 is 40.1 Å². The van der Waals surface area contributed by atoms with Gasteiger partial charge in [-0.15, -0.1) is 11.6 Å². The molecule has 0 fully saturated rings. The molecule has 0 bridgehead atoms. The zero-order valence-corrected chi connectivity index (χ0v) is 12.3. The van der Waals surface area contributed by atoms with Gasteiger partial charge in [-0.2, -0.15) is 0 Å². The molecule has 1 rings (SSSR count). The van der Waals surface area contributed by atoms with Crippen LogP contribution in [0.4, 0.5) is 0 Å². The molecule has 16 heavy (non-hydrogen) atoms. The summed E-state index contributed by atoms with van der Waals surface area (Å²) in [4.78, 5) is 11.9. The zero-order valence-electron chi connectivity index (χ0n) is 9.39. The molecule has 4 heteroatoms. The van der Waals surface area contributed by atoms with Crippen LogP contribution in [0.5, 0.6) is 0 Å². The summed E-state index contributed by atoms with van der Waals surface area (Å²) in [5.41, 5.74) is 1.86. The number of benzene rings is 1. The van der Waals surface area contributed by atoms with Crippen LogP contribution >= 0.6 is 34.2 Å². The van der Waals surface area contributed by atoms with E-state index in [0.717, 1.165) is 14.7 Å².